The number of amidine groups is 1. The molecule has 0 radical (unpaired) electrons. The van der Waals surface area contributed by atoms with Crippen molar-refractivity contribution in [1.82, 2.24) is 4.90 Å². The third kappa shape index (κ3) is 2.58. The summed E-state index contributed by atoms with van der Waals surface area (Å²) in [6.07, 6.45) is 1.97. The summed E-state index contributed by atoms with van der Waals surface area (Å²) in [4.78, 5) is 13.4. The molecule has 1 aromatic carbocycles. The zero-order valence-corrected chi connectivity index (χ0v) is 9.87. The number of carbonyl (C=O) groups is 1. The van der Waals surface area contributed by atoms with E-state index in [4.69, 9.17) is 11.1 Å². The van der Waals surface area contributed by atoms with Crippen molar-refractivity contribution in [3.8, 4) is 0 Å². The first kappa shape index (κ1) is 12.3. The van der Waals surface area contributed by atoms with Crippen molar-refractivity contribution >= 4 is 17.6 Å². The lowest BCUT2D eigenvalue weighted by Gasteiger charge is -2.16. The van der Waals surface area contributed by atoms with Crippen LogP contribution in [-0.2, 0) is 0 Å². The predicted molar refractivity (Wildman–Crippen MR) is 67.2 cm³/mol. The molecular weight excluding hydrogens is 235 g/mol. The maximum Gasteiger partial charge on any atom is 0.321 e. The van der Waals surface area contributed by atoms with Gasteiger partial charge in [-0.15, -0.1) is 0 Å². The third-order valence-corrected chi connectivity index (χ3v) is 2.91. The fraction of sp³-hybridized carbons (Fsp3) is 0.333. The highest BCUT2D eigenvalue weighted by atomic mass is 19.1. The Balaban J connectivity index is 2.09. The van der Waals surface area contributed by atoms with Crippen molar-refractivity contribution in [3.63, 3.8) is 0 Å². The quantitative estimate of drug-likeness (QED) is 0.552. The van der Waals surface area contributed by atoms with E-state index in [0.717, 1.165) is 18.9 Å². The molecule has 0 atom stereocenters. The number of rotatable bonds is 2. The van der Waals surface area contributed by atoms with Gasteiger partial charge >= 0.3 is 6.03 Å². The van der Waals surface area contributed by atoms with E-state index >= 15 is 0 Å². The zero-order chi connectivity index (χ0) is 13.1. The van der Waals surface area contributed by atoms with Crippen LogP contribution in [-0.4, -0.2) is 29.9 Å². The Bertz CT molecular complexity index is 483. The molecule has 18 heavy (non-hydrogen) atoms. The summed E-state index contributed by atoms with van der Waals surface area (Å²) >= 11 is 0. The Hall–Kier alpha value is -2.11. The predicted octanol–water partition coefficient (Wildman–Crippen LogP) is 1.74. The molecule has 6 heteroatoms. The van der Waals surface area contributed by atoms with Crippen molar-refractivity contribution in [3.05, 3.63) is 29.6 Å². The van der Waals surface area contributed by atoms with Crippen LogP contribution in [0.5, 0.6) is 0 Å². The monoisotopic (exact) mass is 250 g/mol. The van der Waals surface area contributed by atoms with Crippen molar-refractivity contribution in [1.29, 1.82) is 5.41 Å². The largest absolute Gasteiger partial charge is 0.384 e. The summed E-state index contributed by atoms with van der Waals surface area (Å²) < 4.78 is 13.7. The van der Waals surface area contributed by atoms with Gasteiger partial charge in [0, 0.05) is 18.7 Å². The highest BCUT2D eigenvalue weighted by Crippen LogP contribution is 2.17. The van der Waals surface area contributed by atoms with E-state index in [1.165, 1.54) is 12.1 Å². The summed E-state index contributed by atoms with van der Waals surface area (Å²) in [6.45, 7) is 1.41. The molecule has 1 aromatic rings. The Morgan fingerprint density at radius 2 is 2.06 bits per heavy atom. The minimum atomic E-state index is -0.588. The molecule has 0 spiro atoms. The topological polar surface area (TPSA) is 82.2 Å². The number of nitrogens with one attached hydrogen (secondary N) is 2. The summed E-state index contributed by atoms with van der Waals surface area (Å²) in [5.74, 6) is -0.790. The summed E-state index contributed by atoms with van der Waals surface area (Å²) in [5.41, 5.74) is 5.66. The fourth-order valence-corrected chi connectivity index (χ4v) is 1.90. The number of carbonyl (C=O) groups excluding carboxylic acids is 1. The van der Waals surface area contributed by atoms with Gasteiger partial charge in [-0.25, -0.2) is 9.18 Å². The van der Waals surface area contributed by atoms with E-state index in [9.17, 15) is 9.18 Å². The van der Waals surface area contributed by atoms with E-state index < -0.39 is 5.82 Å². The zero-order valence-electron chi connectivity index (χ0n) is 9.87. The standard InChI is InChI=1S/C12H15FN4O/c13-9-7-8(11(14)15)3-4-10(9)16-12(18)17-5-1-2-6-17/h3-4,7H,1-2,5-6H2,(H3,14,15)(H,16,18). The Morgan fingerprint density at radius 3 is 2.61 bits per heavy atom. The van der Waals surface area contributed by atoms with Gasteiger partial charge in [0.2, 0.25) is 0 Å². The van der Waals surface area contributed by atoms with Crippen LogP contribution in [0, 0.1) is 11.2 Å². The third-order valence-electron chi connectivity index (χ3n) is 2.91. The Labute approximate surface area is 104 Å². The van der Waals surface area contributed by atoms with Crippen molar-refractivity contribution in [2.24, 2.45) is 5.73 Å². The van der Waals surface area contributed by atoms with E-state index in [1.54, 1.807) is 4.90 Å². The van der Waals surface area contributed by atoms with Crippen LogP contribution in [0.25, 0.3) is 0 Å². The molecule has 5 nitrogen and oxygen atoms in total. The number of nitrogen functional groups attached to an aromatic ring is 1. The van der Waals surface area contributed by atoms with Gasteiger partial charge < -0.3 is 16.0 Å². The Morgan fingerprint density at radius 1 is 1.39 bits per heavy atom. The molecule has 2 rings (SSSR count). The molecule has 2 amide bonds. The first-order valence-electron chi connectivity index (χ1n) is 5.78. The number of anilines is 1. The number of hydrogen-bond acceptors (Lipinski definition) is 2. The molecule has 1 aliphatic rings. The molecule has 0 bridgehead atoms. The molecule has 0 aliphatic carbocycles. The van der Waals surface area contributed by atoms with Crippen LogP contribution in [0.15, 0.2) is 18.2 Å². The molecule has 1 fully saturated rings. The number of nitrogens with two attached hydrogens (primary N) is 1. The first-order valence-corrected chi connectivity index (χ1v) is 5.78. The minimum absolute atomic E-state index is 0.108. The lowest BCUT2D eigenvalue weighted by molar-refractivity contribution is 0.222. The molecule has 1 aliphatic heterocycles. The number of hydrogen-bond donors (Lipinski definition) is 3. The second kappa shape index (κ2) is 5.03. The molecular formula is C12H15FN4O. The normalized spacial score (nSPS) is 14.6. The summed E-state index contributed by atoms with van der Waals surface area (Å²) in [6, 6.07) is 3.77. The van der Waals surface area contributed by atoms with Crippen LogP contribution in [0.2, 0.25) is 0 Å². The van der Waals surface area contributed by atoms with Crippen molar-refractivity contribution in [2.45, 2.75) is 12.8 Å². The van der Waals surface area contributed by atoms with Gasteiger partial charge in [0.25, 0.3) is 0 Å². The lowest BCUT2D eigenvalue weighted by atomic mass is 10.2. The van der Waals surface area contributed by atoms with Crippen molar-refractivity contribution in [2.75, 3.05) is 18.4 Å². The number of halogens is 1. The number of urea groups is 1. The average molecular weight is 250 g/mol. The summed E-state index contributed by atoms with van der Waals surface area (Å²) in [7, 11) is 0. The highest BCUT2D eigenvalue weighted by molar-refractivity contribution is 5.96. The SMILES string of the molecule is N=C(N)c1ccc(NC(=O)N2CCCC2)c(F)c1. The molecule has 0 aromatic heterocycles. The number of amides is 2. The molecule has 96 valence electrons. The lowest BCUT2D eigenvalue weighted by Crippen LogP contribution is -2.32. The first-order chi connectivity index (χ1) is 8.58. The molecule has 4 N–H and O–H groups in total. The molecule has 0 unspecified atom stereocenters. The van der Waals surface area contributed by atoms with Gasteiger partial charge in [-0.3, -0.25) is 5.41 Å². The number of likely N-dealkylation sites (tertiary alicyclic amines) is 1. The fourth-order valence-electron chi connectivity index (χ4n) is 1.90. The minimum Gasteiger partial charge on any atom is -0.384 e. The van der Waals surface area contributed by atoms with Crippen LogP contribution >= 0.6 is 0 Å². The van der Waals surface area contributed by atoms with Gasteiger partial charge in [-0.2, -0.15) is 0 Å². The van der Waals surface area contributed by atoms with Crippen molar-refractivity contribution < 1.29 is 9.18 Å². The van der Waals surface area contributed by atoms with Gasteiger partial charge in [0.05, 0.1) is 5.69 Å². The highest BCUT2D eigenvalue weighted by Gasteiger charge is 2.18. The van der Waals surface area contributed by atoms with Crippen LogP contribution in [0.4, 0.5) is 14.9 Å². The molecule has 1 saturated heterocycles. The Kier molecular flexibility index (Phi) is 3.45. The van der Waals surface area contributed by atoms with Crippen LogP contribution in [0.3, 0.4) is 0 Å². The van der Waals surface area contributed by atoms with Crippen LogP contribution in [0.1, 0.15) is 18.4 Å². The summed E-state index contributed by atoms with van der Waals surface area (Å²) in [5, 5.41) is 9.71. The maximum absolute atomic E-state index is 13.7. The maximum atomic E-state index is 13.7. The number of benzene rings is 1. The van der Waals surface area contributed by atoms with E-state index in [1.807, 2.05) is 0 Å². The average Bonchev–Trinajstić information content (AvgIpc) is 2.85. The van der Waals surface area contributed by atoms with Crippen LogP contribution < -0.4 is 11.1 Å². The van der Waals surface area contributed by atoms with Gasteiger partial charge in [0.15, 0.2) is 0 Å². The van der Waals surface area contributed by atoms with Gasteiger partial charge in [-0.1, -0.05) is 0 Å². The second-order valence-electron chi connectivity index (χ2n) is 4.23. The second-order valence-corrected chi connectivity index (χ2v) is 4.23. The molecule has 0 saturated carbocycles. The van der Waals surface area contributed by atoms with Gasteiger partial charge in [-0.05, 0) is 31.0 Å². The molecule has 1 heterocycles. The van der Waals surface area contributed by atoms with E-state index in [2.05, 4.69) is 5.32 Å². The van der Waals surface area contributed by atoms with E-state index in [0.29, 0.717) is 18.7 Å². The van der Waals surface area contributed by atoms with Gasteiger partial charge in [0.1, 0.15) is 11.7 Å². The number of nitrogens with zero attached hydrogens (tertiary/aromatic N) is 1. The van der Waals surface area contributed by atoms with E-state index in [-0.39, 0.29) is 17.6 Å². The smallest absolute Gasteiger partial charge is 0.321 e.